The monoisotopic (exact) mass is 364 g/mol. The van der Waals surface area contributed by atoms with E-state index in [-0.39, 0.29) is 5.91 Å². The molecule has 0 radical (unpaired) electrons. The molecule has 0 spiro atoms. The number of benzene rings is 2. The first-order valence-corrected chi connectivity index (χ1v) is 9.01. The van der Waals surface area contributed by atoms with Gasteiger partial charge in [-0.25, -0.2) is 4.79 Å². The normalized spacial score (nSPS) is 15.0. The van der Waals surface area contributed by atoms with Gasteiger partial charge in [-0.05, 0) is 29.8 Å². The van der Waals surface area contributed by atoms with Gasteiger partial charge in [-0.2, -0.15) is 0 Å². The summed E-state index contributed by atoms with van der Waals surface area (Å²) in [6.45, 7) is 4.00. The van der Waals surface area contributed by atoms with E-state index in [0.29, 0.717) is 24.3 Å². The Balaban J connectivity index is 1.47. The number of nitrogens with zero attached hydrogens (tertiary/aromatic N) is 2. The Morgan fingerprint density at radius 3 is 2.26 bits per heavy atom. The topological polar surface area (TPSA) is 78.7 Å². The molecule has 0 atom stereocenters. The van der Waals surface area contributed by atoms with Crippen molar-refractivity contribution in [2.45, 2.75) is 0 Å². The molecule has 6 nitrogen and oxygen atoms in total. The highest BCUT2D eigenvalue weighted by molar-refractivity contribution is 5.95. The van der Waals surface area contributed by atoms with Crippen LogP contribution in [0, 0.1) is 0 Å². The number of hydrogen-bond acceptors (Lipinski definition) is 3. The Morgan fingerprint density at radius 1 is 0.963 bits per heavy atom. The first-order chi connectivity index (χ1) is 13.1. The molecule has 0 aromatic heterocycles. The molecular weight excluding hydrogens is 340 g/mol. The number of carbonyl (C=O) groups is 2. The van der Waals surface area contributed by atoms with Gasteiger partial charge in [-0.3, -0.25) is 9.69 Å². The molecule has 0 aliphatic carbocycles. The second-order valence-corrected chi connectivity index (χ2v) is 6.47. The summed E-state index contributed by atoms with van der Waals surface area (Å²) in [4.78, 5) is 27.7. The van der Waals surface area contributed by atoms with Gasteiger partial charge in [0.05, 0.1) is 0 Å². The second-order valence-electron chi connectivity index (χ2n) is 6.47. The fraction of sp³-hybridized carbons (Fsp3) is 0.238. The minimum Gasteiger partial charge on any atom is -0.351 e. The maximum absolute atomic E-state index is 12.6. The number of primary amides is 1. The van der Waals surface area contributed by atoms with Gasteiger partial charge >= 0.3 is 6.03 Å². The van der Waals surface area contributed by atoms with E-state index in [2.05, 4.69) is 34.5 Å². The predicted molar refractivity (Wildman–Crippen MR) is 107 cm³/mol. The van der Waals surface area contributed by atoms with Gasteiger partial charge in [0.15, 0.2) is 0 Å². The Hall–Kier alpha value is -3.12. The molecule has 1 aliphatic rings. The maximum atomic E-state index is 12.6. The number of nitrogens with two attached hydrogens (primary N) is 1. The number of hydrogen-bond donors (Lipinski definition) is 2. The van der Waals surface area contributed by atoms with Gasteiger partial charge in [-0.1, -0.05) is 42.5 Å². The van der Waals surface area contributed by atoms with E-state index in [1.165, 1.54) is 5.56 Å². The molecule has 3 N–H and O–H groups in total. The molecule has 1 saturated heterocycles. The molecule has 1 heterocycles. The molecule has 2 aromatic rings. The summed E-state index contributed by atoms with van der Waals surface area (Å²) in [5.41, 5.74) is 7.47. The van der Waals surface area contributed by atoms with Crippen molar-refractivity contribution in [2.75, 3.05) is 38.0 Å². The minimum atomic E-state index is -0.619. The summed E-state index contributed by atoms with van der Waals surface area (Å²) >= 11 is 0. The quantitative estimate of drug-likeness (QED) is 0.856. The zero-order valence-electron chi connectivity index (χ0n) is 15.2. The lowest BCUT2D eigenvalue weighted by Crippen LogP contribution is -2.48. The number of amides is 3. The summed E-state index contributed by atoms with van der Waals surface area (Å²) < 4.78 is 0. The summed E-state index contributed by atoms with van der Waals surface area (Å²) in [5.74, 6) is 0.0140. The summed E-state index contributed by atoms with van der Waals surface area (Å²) in [6.07, 6.45) is 4.29. The van der Waals surface area contributed by atoms with Crippen molar-refractivity contribution < 1.29 is 9.59 Å². The minimum absolute atomic E-state index is 0.0140. The molecule has 1 aliphatic heterocycles. The number of rotatable bonds is 5. The van der Waals surface area contributed by atoms with Crippen LogP contribution in [0.15, 0.2) is 60.7 Å². The average Bonchev–Trinajstić information content (AvgIpc) is 2.69. The van der Waals surface area contributed by atoms with E-state index in [1.54, 1.807) is 24.3 Å². The highest BCUT2D eigenvalue weighted by Gasteiger charge is 2.21. The van der Waals surface area contributed by atoms with E-state index in [4.69, 9.17) is 5.73 Å². The van der Waals surface area contributed by atoms with Gasteiger partial charge in [0, 0.05) is 44.0 Å². The van der Waals surface area contributed by atoms with E-state index < -0.39 is 6.03 Å². The van der Waals surface area contributed by atoms with E-state index in [0.717, 1.165) is 19.6 Å². The Morgan fingerprint density at radius 2 is 1.63 bits per heavy atom. The van der Waals surface area contributed by atoms with Crippen LogP contribution in [0.3, 0.4) is 0 Å². The van der Waals surface area contributed by atoms with Crippen molar-refractivity contribution in [1.29, 1.82) is 0 Å². The number of nitrogens with one attached hydrogen (secondary N) is 1. The zero-order chi connectivity index (χ0) is 19.1. The average molecular weight is 364 g/mol. The standard InChI is InChI=1S/C21H24N4O2/c22-21(27)23-19-10-8-18(9-11-19)20(26)25-15-13-24(14-16-25)12-4-7-17-5-2-1-3-6-17/h1-11H,12-16H2,(H3,22,23,27). The third-order valence-electron chi connectivity index (χ3n) is 4.53. The fourth-order valence-electron chi connectivity index (χ4n) is 3.06. The predicted octanol–water partition coefficient (Wildman–Crippen LogP) is 2.65. The highest BCUT2D eigenvalue weighted by Crippen LogP contribution is 2.13. The number of carbonyl (C=O) groups excluding carboxylic acids is 2. The third kappa shape index (κ3) is 5.43. The van der Waals surface area contributed by atoms with Gasteiger partial charge in [0.25, 0.3) is 5.91 Å². The number of anilines is 1. The Labute approximate surface area is 159 Å². The Kier molecular flexibility index (Phi) is 6.22. The van der Waals surface area contributed by atoms with Crippen LogP contribution >= 0.6 is 0 Å². The van der Waals surface area contributed by atoms with Crippen LogP contribution in [-0.2, 0) is 0 Å². The molecule has 27 heavy (non-hydrogen) atoms. The van der Waals surface area contributed by atoms with Crippen LogP contribution in [0.25, 0.3) is 6.08 Å². The first kappa shape index (κ1) is 18.7. The van der Waals surface area contributed by atoms with Gasteiger partial charge in [-0.15, -0.1) is 0 Å². The van der Waals surface area contributed by atoms with Crippen molar-refractivity contribution in [3.63, 3.8) is 0 Å². The van der Waals surface area contributed by atoms with Crippen LogP contribution in [0.4, 0.5) is 10.5 Å². The molecular formula is C21H24N4O2. The van der Waals surface area contributed by atoms with Crippen LogP contribution in [-0.4, -0.2) is 54.5 Å². The van der Waals surface area contributed by atoms with Crippen molar-refractivity contribution in [3.05, 3.63) is 71.8 Å². The van der Waals surface area contributed by atoms with Crippen molar-refractivity contribution in [2.24, 2.45) is 5.73 Å². The van der Waals surface area contributed by atoms with Gasteiger partial charge < -0.3 is 16.0 Å². The van der Waals surface area contributed by atoms with Crippen molar-refractivity contribution in [3.8, 4) is 0 Å². The smallest absolute Gasteiger partial charge is 0.316 e. The maximum Gasteiger partial charge on any atom is 0.316 e. The van der Waals surface area contributed by atoms with E-state index >= 15 is 0 Å². The first-order valence-electron chi connectivity index (χ1n) is 9.01. The summed E-state index contributed by atoms with van der Waals surface area (Å²) in [7, 11) is 0. The molecule has 1 fully saturated rings. The van der Waals surface area contributed by atoms with E-state index in [1.807, 2.05) is 23.1 Å². The molecule has 0 saturated carbocycles. The Bertz CT molecular complexity index is 795. The molecule has 140 valence electrons. The summed E-state index contributed by atoms with van der Waals surface area (Å²) in [6, 6.07) is 16.4. The number of piperazine rings is 1. The molecule has 0 bridgehead atoms. The molecule has 3 rings (SSSR count). The molecule has 3 amide bonds. The van der Waals surface area contributed by atoms with Crippen LogP contribution in [0.5, 0.6) is 0 Å². The largest absolute Gasteiger partial charge is 0.351 e. The van der Waals surface area contributed by atoms with Gasteiger partial charge in [0.1, 0.15) is 0 Å². The van der Waals surface area contributed by atoms with Crippen molar-refractivity contribution in [1.82, 2.24) is 9.80 Å². The zero-order valence-corrected chi connectivity index (χ0v) is 15.2. The van der Waals surface area contributed by atoms with Gasteiger partial charge in [0.2, 0.25) is 0 Å². The van der Waals surface area contributed by atoms with E-state index in [9.17, 15) is 9.59 Å². The lowest BCUT2D eigenvalue weighted by atomic mass is 10.1. The molecule has 0 unspecified atom stereocenters. The summed E-state index contributed by atoms with van der Waals surface area (Å²) in [5, 5.41) is 2.49. The third-order valence-corrected chi connectivity index (χ3v) is 4.53. The highest BCUT2D eigenvalue weighted by atomic mass is 16.2. The lowest BCUT2D eigenvalue weighted by Gasteiger charge is -2.34. The SMILES string of the molecule is NC(=O)Nc1ccc(C(=O)N2CCN(CC=Cc3ccccc3)CC2)cc1. The molecule has 6 heteroatoms. The second kappa shape index (κ2) is 9.00. The number of urea groups is 1. The fourth-order valence-corrected chi connectivity index (χ4v) is 3.06. The molecule has 2 aromatic carbocycles. The van der Waals surface area contributed by atoms with Crippen LogP contribution in [0.1, 0.15) is 15.9 Å². The lowest BCUT2D eigenvalue weighted by molar-refractivity contribution is 0.0650. The van der Waals surface area contributed by atoms with Crippen LogP contribution < -0.4 is 11.1 Å². The van der Waals surface area contributed by atoms with Crippen LogP contribution in [0.2, 0.25) is 0 Å². The van der Waals surface area contributed by atoms with Crippen molar-refractivity contribution >= 4 is 23.7 Å².